The predicted octanol–water partition coefficient (Wildman–Crippen LogP) is 2.28. The van der Waals surface area contributed by atoms with Gasteiger partial charge in [0.2, 0.25) is 0 Å². The Morgan fingerprint density at radius 1 is 1.23 bits per heavy atom. The first kappa shape index (κ1) is 8.66. The van der Waals surface area contributed by atoms with E-state index in [0.29, 0.717) is 0 Å². The third-order valence-electron chi connectivity index (χ3n) is 1.84. The molecule has 0 aliphatic heterocycles. The number of hydrogen-bond donors (Lipinski definition) is 0. The van der Waals surface area contributed by atoms with E-state index in [1.807, 2.05) is 30.3 Å². The van der Waals surface area contributed by atoms with Crippen LogP contribution in [-0.2, 0) is 0 Å². The Hall–Kier alpha value is -0.934. The summed E-state index contributed by atoms with van der Waals surface area (Å²) in [6.45, 7) is 0. The van der Waals surface area contributed by atoms with Crippen LogP contribution in [0.3, 0.4) is 0 Å². The van der Waals surface area contributed by atoms with Crippen LogP contribution in [0.25, 0.3) is 10.9 Å². The zero-order chi connectivity index (χ0) is 9.10. The number of hydrogen-bond acceptors (Lipinski definition) is 2. The molecule has 1 heterocycles. The van der Waals surface area contributed by atoms with Gasteiger partial charge >= 0.3 is 84.9 Å². The van der Waals surface area contributed by atoms with Gasteiger partial charge in [-0.25, -0.2) is 0 Å². The molecule has 1 aromatic heterocycles. The molecule has 0 spiro atoms. The molecule has 1 radical (unpaired) electrons. The summed E-state index contributed by atoms with van der Waals surface area (Å²) in [5.74, 6) is 0.931. The zero-order valence-electron chi connectivity index (χ0n) is 7.40. The third kappa shape index (κ3) is 1.71. The monoisotopic (exact) mass is 228 g/mol. The normalized spacial score (nSPS) is 9.92. The zero-order valence-corrected chi connectivity index (χ0v) is 9.82. The van der Waals surface area contributed by atoms with E-state index in [4.69, 9.17) is 3.53 Å². The van der Waals surface area contributed by atoms with Gasteiger partial charge in [0.05, 0.1) is 0 Å². The average Bonchev–Trinajstić information content (AvgIpc) is 2.19. The van der Waals surface area contributed by atoms with Crippen molar-refractivity contribution < 1.29 is 3.53 Å². The molecule has 0 amide bonds. The van der Waals surface area contributed by atoms with E-state index < -0.39 is 17.8 Å². The average molecular weight is 229 g/mol. The van der Waals surface area contributed by atoms with E-state index in [2.05, 4.69) is 10.5 Å². The van der Waals surface area contributed by atoms with Gasteiger partial charge in [-0.05, 0) is 0 Å². The number of benzene rings is 1. The van der Waals surface area contributed by atoms with Crippen molar-refractivity contribution in [3.8, 4) is 5.75 Å². The van der Waals surface area contributed by atoms with Crippen molar-refractivity contribution in [2.45, 2.75) is 5.48 Å². The van der Waals surface area contributed by atoms with Crippen LogP contribution in [0.2, 0.25) is 5.48 Å². The molecule has 0 unspecified atom stereocenters. The van der Waals surface area contributed by atoms with Crippen molar-refractivity contribution in [1.29, 1.82) is 0 Å². The van der Waals surface area contributed by atoms with Gasteiger partial charge < -0.3 is 0 Å². The first-order valence-corrected chi connectivity index (χ1v) is 7.61. The molecule has 0 atom stereocenters. The van der Waals surface area contributed by atoms with E-state index in [0.717, 1.165) is 16.7 Å². The number of aromatic nitrogens is 1. The molecule has 0 saturated carbocycles. The molecule has 3 heteroatoms. The van der Waals surface area contributed by atoms with Gasteiger partial charge in [0.25, 0.3) is 0 Å². The fraction of sp³-hybridized carbons (Fsp3) is 0.100. The van der Waals surface area contributed by atoms with Crippen LogP contribution in [0, 0.1) is 0 Å². The van der Waals surface area contributed by atoms with E-state index in [1.165, 1.54) is 0 Å². The fourth-order valence-corrected chi connectivity index (χ4v) is 2.23. The second-order valence-electron chi connectivity index (χ2n) is 2.68. The van der Waals surface area contributed by atoms with Crippen molar-refractivity contribution in [3.05, 3.63) is 36.5 Å². The predicted molar refractivity (Wildman–Crippen MR) is 54.0 cm³/mol. The van der Waals surface area contributed by atoms with Crippen LogP contribution in [0.1, 0.15) is 0 Å². The standard InChI is InChI=1S/C9H7NO.CH3.Ga/c11-8-5-1-3-7-4-2-6-10-9(7)8;;/h1-6,11H;1H3;/q;;+1/p-1. The minimum absolute atomic E-state index is 0.549. The molecular formula is C10H9GaNO. The van der Waals surface area contributed by atoms with E-state index in [9.17, 15) is 0 Å². The molecule has 63 valence electrons. The van der Waals surface area contributed by atoms with Crippen LogP contribution in [0.5, 0.6) is 5.75 Å². The van der Waals surface area contributed by atoms with Crippen molar-refractivity contribution in [1.82, 2.24) is 4.98 Å². The van der Waals surface area contributed by atoms with Gasteiger partial charge in [-0.15, -0.1) is 0 Å². The van der Waals surface area contributed by atoms with Gasteiger partial charge in [0, 0.05) is 0 Å². The Balaban J connectivity index is 2.61. The van der Waals surface area contributed by atoms with Gasteiger partial charge in [0.1, 0.15) is 0 Å². The molecular weight excluding hydrogens is 220 g/mol. The van der Waals surface area contributed by atoms with Gasteiger partial charge in [-0.3, -0.25) is 0 Å². The quantitative estimate of drug-likeness (QED) is 0.736. The molecule has 13 heavy (non-hydrogen) atoms. The van der Waals surface area contributed by atoms with Crippen LogP contribution in [0.4, 0.5) is 0 Å². The summed E-state index contributed by atoms with van der Waals surface area (Å²) in [6, 6.07) is 10.0. The summed E-state index contributed by atoms with van der Waals surface area (Å²) in [5.41, 5.74) is 3.11. The summed E-state index contributed by atoms with van der Waals surface area (Å²) >= 11 is -0.549. The maximum atomic E-state index is 5.61. The van der Waals surface area contributed by atoms with Crippen molar-refractivity contribution in [3.63, 3.8) is 0 Å². The van der Waals surface area contributed by atoms with Crippen LogP contribution < -0.4 is 3.53 Å². The Morgan fingerprint density at radius 2 is 2.08 bits per heavy atom. The van der Waals surface area contributed by atoms with E-state index in [-0.39, 0.29) is 0 Å². The number of rotatable bonds is 2. The molecule has 1 aromatic carbocycles. The molecule has 0 fully saturated rings. The Labute approximate surface area is 85.1 Å². The summed E-state index contributed by atoms with van der Waals surface area (Å²) in [7, 11) is 0. The molecule has 2 aromatic rings. The minimum atomic E-state index is -0.549. The van der Waals surface area contributed by atoms with Crippen molar-refractivity contribution >= 4 is 28.7 Å². The molecule has 2 nitrogen and oxygen atoms in total. The SMILES string of the molecule is [CH3][Ga][O]c1cccc2cccnc12. The second-order valence-corrected chi connectivity index (χ2v) is 4.17. The Morgan fingerprint density at radius 3 is 2.92 bits per heavy atom. The molecule has 0 aliphatic carbocycles. The summed E-state index contributed by atoms with van der Waals surface area (Å²) in [4.78, 5) is 4.30. The number of fused-ring (bicyclic) bond motifs is 1. The number of para-hydroxylation sites is 1. The summed E-state index contributed by atoms with van der Waals surface area (Å²) < 4.78 is 5.61. The van der Waals surface area contributed by atoms with Crippen LogP contribution in [-0.4, -0.2) is 22.8 Å². The van der Waals surface area contributed by atoms with Crippen molar-refractivity contribution in [2.75, 3.05) is 0 Å². The Kier molecular flexibility index (Phi) is 2.56. The Bertz CT molecular complexity index is 411. The fourth-order valence-electron chi connectivity index (χ4n) is 1.30. The van der Waals surface area contributed by atoms with Crippen molar-refractivity contribution in [2.24, 2.45) is 0 Å². The topological polar surface area (TPSA) is 22.1 Å². The van der Waals surface area contributed by atoms with E-state index in [1.54, 1.807) is 6.20 Å². The van der Waals surface area contributed by atoms with Gasteiger partial charge in [-0.1, -0.05) is 0 Å². The molecule has 0 bridgehead atoms. The molecule has 0 N–H and O–H groups in total. The third-order valence-corrected chi connectivity index (χ3v) is 2.87. The first-order valence-electron chi connectivity index (χ1n) is 4.20. The summed E-state index contributed by atoms with van der Waals surface area (Å²) in [6.07, 6.45) is 1.80. The van der Waals surface area contributed by atoms with Gasteiger partial charge in [-0.2, -0.15) is 0 Å². The number of nitrogens with zero attached hydrogens (tertiary/aromatic N) is 1. The molecule has 2 rings (SSSR count). The van der Waals surface area contributed by atoms with Crippen LogP contribution >= 0.6 is 0 Å². The number of pyridine rings is 1. The first-order chi connectivity index (χ1) is 6.42. The molecule has 0 aliphatic rings. The van der Waals surface area contributed by atoms with E-state index >= 15 is 0 Å². The second kappa shape index (κ2) is 3.85. The summed E-state index contributed by atoms with van der Waals surface area (Å²) in [5, 5.41) is 1.14. The van der Waals surface area contributed by atoms with Crippen LogP contribution in [0.15, 0.2) is 36.5 Å². The maximum absolute atomic E-state index is 5.61. The molecule has 0 saturated heterocycles. The van der Waals surface area contributed by atoms with Gasteiger partial charge in [0.15, 0.2) is 0 Å².